The minimum atomic E-state index is -0.397. The van der Waals surface area contributed by atoms with Crippen LogP contribution in [-0.4, -0.2) is 31.1 Å². The molecule has 3 fully saturated rings. The Hall–Kier alpha value is -1.16. The van der Waals surface area contributed by atoms with Crippen LogP contribution < -0.4 is 0 Å². The molecular formula is C21H32O4. The molecule has 0 amide bonds. The summed E-state index contributed by atoms with van der Waals surface area (Å²) in [5.74, 6) is 0.642. The Balaban J connectivity index is 1.82. The number of fused-ring (bicyclic) bond motifs is 1. The van der Waals surface area contributed by atoms with Crippen molar-refractivity contribution < 1.29 is 19.1 Å². The number of methoxy groups -OCH3 is 1. The van der Waals surface area contributed by atoms with Gasteiger partial charge >= 0.3 is 5.97 Å². The number of aldehydes is 1. The molecule has 3 aliphatic rings. The van der Waals surface area contributed by atoms with Gasteiger partial charge in [0.15, 0.2) is 6.29 Å². The van der Waals surface area contributed by atoms with Gasteiger partial charge in [-0.15, -0.1) is 0 Å². The molecule has 4 heteroatoms. The first-order valence-electron chi connectivity index (χ1n) is 9.60. The summed E-state index contributed by atoms with van der Waals surface area (Å²) in [6, 6.07) is 0. The van der Waals surface area contributed by atoms with Crippen molar-refractivity contribution in [1.82, 2.24) is 0 Å². The highest BCUT2D eigenvalue weighted by atomic mass is 16.6. The number of esters is 1. The van der Waals surface area contributed by atoms with Crippen molar-refractivity contribution in [2.75, 3.05) is 7.11 Å². The third-order valence-corrected chi connectivity index (χ3v) is 7.67. The lowest BCUT2D eigenvalue weighted by Gasteiger charge is -2.57. The molecule has 0 bridgehead atoms. The number of carbonyl (C=O) groups excluding carboxylic acids is 2. The van der Waals surface area contributed by atoms with Crippen molar-refractivity contribution in [2.24, 2.45) is 22.7 Å². The number of allylic oxidation sites excluding steroid dienone is 1. The fourth-order valence-corrected chi connectivity index (χ4v) is 6.02. The summed E-state index contributed by atoms with van der Waals surface area (Å²) in [7, 11) is 1.50. The largest absolute Gasteiger partial charge is 0.469 e. The Morgan fingerprint density at radius 2 is 2.08 bits per heavy atom. The van der Waals surface area contributed by atoms with Crippen LogP contribution in [0.25, 0.3) is 0 Å². The summed E-state index contributed by atoms with van der Waals surface area (Å²) in [6.07, 6.45) is 7.59. The van der Waals surface area contributed by atoms with Gasteiger partial charge in [0.25, 0.3) is 0 Å². The number of rotatable bonds is 5. The first-order chi connectivity index (χ1) is 11.7. The zero-order valence-corrected chi connectivity index (χ0v) is 16.1. The van der Waals surface area contributed by atoms with Crippen molar-refractivity contribution in [3.63, 3.8) is 0 Å². The summed E-state index contributed by atoms with van der Waals surface area (Å²) in [5.41, 5.74) is 0.676. The van der Waals surface area contributed by atoms with Gasteiger partial charge in [0.05, 0.1) is 18.1 Å². The Morgan fingerprint density at radius 3 is 2.68 bits per heavy atom. The van der Waals surface area contributed by atoms with Crippen LogP contribution >= 0.6 is 0 Å². The van der Waals surface area contributed by atoms with Gasteiger partial charge in [-0.3, -0.25) is 4.79 Å². The molecule has 140 valence electrons. The average Bonchev–Trinajstić information content (AvgIpc) is 3.23. The summed E-state index contributed by atoms with van der Waals surface area (Å²) >= 11 is 0. The Morgan fingerprint density at radius 1 is 1.36 bits per heavy atom. The molecule has 4 nitrogen and oxygen atoms in total. The predicted octanol–water partition coefficient (Wildman–Crippen LogP) is 4.07. The molecule has 25 heavy (non-hydrogen) atoms. The molecule has 3 rings (SSSR count). The zero-order chi connectivity index (χ0) is 18.5. The van der Waals surface area contributed by atoms with E-state index < -0.39 is 5.41 Å². The molecular weight excluding hydrogens is 316 g/mol. The highest BCUT2D eigenvalue weighted by Gasteiger charge is 2.59. The first-order valence-corrected chi connectivity index (χ1v) is 9.60. The molecule has 0 N–H and O–H groups in total. The van der Waals surface area contributed by atoms with Gasteiger partial charge in [0, 0.05) is 0 Å². The van der Waals surface area contributed by atoms with E-state index in [4.69, 9.17) is 9.47 Å². The van der Waals surface area contributed by atoms with E-state index in [1.165, 1.54) is 12.7 Å². The molecule has 0 spiro atoms. The van der Waals surface area contributed by atoms with Crippen molar-refractivity contribution in [2.45, 2.75) is 77.4 Å². The van der Waals surface area contributed by atoms with E-state index in [2.05, 4.69) is 20.4 Å². The van der Waals surface area contributed by atoms with Crippen LogP contribution in [0.5, 0.6) is 0 Å². The monoisotopic (exact) mass is 348 g/mol. The molecule has 1 heterocycles. The second kappa shape index (κ2) is 6.22. The fourth-order valence-electron chi connectivity index (χ4n) is 6.02. The van der Waals surface area contributed by atoms with Crippen LogP contribution in [-0.2, 0) is 19.1 Å². The molecule has 6 atom stereocenters. The maximum atomic E-state index is 12.6. The third kappa shape index (κ3) is 2.87. The number of carbonyl (C=O) groups is 2. The maximum Gasteiger partial charge on any atom is 0.311 e. The molecule has 0 radical (unpaired) electrons. The minimum Gasteiger partial charge on any atom is -0.469 e. The zero-order valence-electron chi connectivity index (χ0n) is 16.1. The van der Waals surface area contributed by atoms with Crippen molar-refractivity contribution in [1.29, 1.82) is 0 Å². The topological polar surface area (TPSA) is 55.9 Å². The van der Waals surface area contributed by atoms with Crippen LogP contribution in [0.2, 0.25) is 0 Å². The lowest BCUT2D eigenvalue weighted by molar-refractivity contribution is -0.168. The fraction of sp³-hybridized carbons (Fsp3) is 0.810. The summed E-state index contributed by atoms with van der Waals surface area (Å²) in [6.45, 7) is 10.8. The van der Waals surface area contributed by atoms with Crippen LogP contribution in [0.3, 0.4) is 0 Å². The Kier molecular flexibility index (Phi) is 4.64. The van der Waals surface area contributed by atoms with Gasteiger partial charge in [-0.2, -0.15) is 0 Å². The second-order valence-electron chi connectivity index (χ2n) is 9.10. The number of hydrogen-bond acceptors (Lipinski definition) is 4. The molecule has 0 aromatic heterocycles. The number of ether oxygens (including phenoxy) is 2. The number of hydrogen-bond donors (Lipinski definition) is 0. The molecule has 0 aromatic carbocycles. The lowest BCUT2D eigenvalue weighted by atomic mass is 9.46. The van der Waals surface area contributed by atoms with Crippen molar-refractivity contribution in [3.8, 4) is 0 Å². The third-order valence-electron chi connectivity index (χ3n) is 7.67. The molecule has 2 aliphatic carbocycles. The maximum absolute atomic E-state index is 12.6. The summed E-state index contributed by atoms with van der Waals surface area (Å²) in [5, 5.41) is 0. The van der Waals surface area contributed by atoms with E-state index in [0.717, 1.165) is 51.2 Å². The second-order valence-corrected chi connectivity index (χ2v) is 9.10. The predicted molar refractivity (Wildman–Crippen MR) is 96.0 cm³/mol. The Labute approximate surface area is 151 Å². The van der Waals surface area contributed by atoms with E-state index in [1.807, 2.05) is 6.92 Å². The van der Waals surface area contributed by atoms with Crippen LogP contribution in [0.4, 0.5) is 0 Å². The van der Waals surface area contributed by atoms with E-state index in [0.29, 0.717) is 11.8 Å². The smallest absolute Gasteiger partial charge is 0.311 e. The lowest BCUT2D eigenvalue weighted by Crippen LogP contribution is -2.53. The van der Waals surface area contributed by atoms with Gasteiger partial charge in [0.1, 0.15) is 6.10 Å². The first kappa shape index (κ1) is 18.6. The van der Waals surface area contributed by atoms with E-state index >= 15 is 0 Å². The average molecular weight is 348 g/mol. The van der Waals surface area contributed by atoms with Gasteiger partial charge in [-0.25, -0.2) is 0 Å². The van der Waals surface area contributed by atoms with Gasteiger partial charge < -0.3 is 14.3 Å². The number of epoxide rings is 1. The van der Waals surface area contributed by atoms with Crippen molar-refractivity contribution in [3.05, 3.63) is 12.2 Å². The van der Waals surface area contributed by atoms with Gasteiger partial charge in [-0.05, 0) is 69.6 Å². The quantitative estimate of drug-likeness (QED) is 0.325. The van der Waals surface area contributed by atoms with Crippen LogP contribution in [0.15, 0.2) is 12.2 Å². The highest BCUT2D eigenvalue weighted by molar-refractivity contribution is 5.77. The van der Waals surface area contributed by atoms with E-state index in [1.54, 1.807) is 0 Å². The normalized spacial score (nSPS) is 46.2. The molecule has 2 saturated carbocycles. The van der Waals surface area contributed by atoms with Crippen LogP contribution in [0, 0.1) is 22.7 Å². The van der Waals surface area contributed by atoms with Gasteiger partial charge in [0.2, 0.25) is 0 Å². The van der Waals surface area contributed by atoms with Gasteiger partial charge in [-0.1, -0.05) is 25.5 Å². The summed E-state index contributed by atoms with van der Waals surface area (Å²) < 4.78 is 10.8. The van der Waals surface area contributed by atoms with Crippen molar-refractivity contribution >= 4 is 12.3 Å². The summed E-state index contributed by atoms with van der Waals surface area (Å²) in [4.78, 5) is 23.6. The van der Waals surface area contributed by atoms with Crippen LogP contribution in [0.1, 0.15) is 65.7 Å². The minimum absolute atomic E-state index is 0.0619. The Bertz CT molecular complexity index is 584. The molecule has 1 saturated heterocycles. The SMILES string of the molecule is C=C1CCC2C(C)(C(=O)OC)CCCC2(C)C1CCC1(C)OC1C=O. The highest BCUT2D eigenvalue weighted by Crippen LogP contribution is 2.62. The van der Waals surface area contributed by atoms with E-state index in [9.17, 15) is 9.59 Å². The molecule has 6 unspecified atom stereocenters. The molecule has 1 aliphatic heterocycles. The molecule has 0 aromatic rings. The van der Waals surface area contributed by atoms with E-state index in [-0.39, 0.29) is 23.1 Å². The standard InChI is InChI=1S/C21H32O4/c1-14-7-8-16-19(2,10-6-11-20(16,3)18(23)24-5)15(14)9-12-21(4)17(13-22)25-21/h13,15-17H,1,6-12H2,2-5H3.